The van der Waals surface area contributed by atoms with Crippen LogP contribution in [0.15, 0.2) is 77.9 Å². The third kappa shape index (κ3) is 5.47. The highest BCUT2D eigenvalue weighted by atomic mass is 19.1. The number of hydrogen-bond donors (Lipinski definition) is 2. The molecule has 3 rings (SSSR count). The van der Waals surface area contributed by atoms with Gasteiger partial charge in [-0.3, -0.25) is 15.1 Å². The number of aromatic nitrogens is 1. The van der Waals surface area contributed by atoms with Crippen molar-refractivity contribution in [2.45, 2.75) is 13.5 Å². The summed E-state index contributed by atoms with van der Waals surface area (Å²) < 4.78 is 13.1. The number of nitrogens with one attached hydrogen (secondary N) is 2. The van der Waals surface area contributed by atoms with Gasteiger partial charge in [0.2, 0.25) is 5.96 Å². The Morgan fingerprint density at radius 2 is 1.78 bits per heavy atom. The Kier molecular flexibility index (Phi) is 5.89. The number of hydrogen-bond acceptors (Lipinski definition) is 3. The fourth-order valence-corrected chi connectivity index (χ4v) is 2.32. The van der Waals surface area contributed by atoms with Crippen molar-refractivity contribution in [3.05, 3.63) is 95.6 Å². The van der Waals surface area contributed by atoms with Crippen molar-refractivity contribution in [3.8, 4) is 0 Å². The Morgan fingerprint density at radius 1 is 1.04 bits per heavy atom. The molecule has 0 unspecified atom stereocenters. The lowest BCUT2D eigenvalue weighted by Crippen LogP contribution is -2.36. The van der Waals surface area contributed by atoms with Crippen LogP contribution in [0.3, 0.4) is 0 Å². The van der Waals surface area contributed by atoms with Crippen molar-refractivity contribution in [1.82, 2.24) is 10.3 Å². The van der Waals surface area contributed by atoms with Gasteiger partial charge in [-0.15, -0.1) is 0 Å². The summed E-state index contributed by atoms with van der Waals surface area (Å²) in [5, 5.41) is 5.84. The van der Waals surface area contributed by atoms with E-state index in [0.29, 0.717) is 18.1 Å². The van der Waals surface area contributed by atoms with Crippen molar-refractivity contribution in [2.24, 2.45) is 4.99 Å². The molecule has 1 amide bonds. The van der Waals surface area contributed by atoms with Crippen LogP contribution in [-0.4, -0.2) is 16.9 Å². The first-order valence-electron chi connectivity index (χ1n) is 8.45. The summed E-state index contributed by atoms with van der Waals surface area (Å²) in [7, 11) is 0. The van der Waals surface area contributed by atoms with E-state index in [4.69, 9.17) is 0 Å². The lowest BCUT2D eigenvalue weighted by atomic mass is 10.2. The minimum atomic E-state index is -0.395. The van der Waals surface area contributed by atoms with Crippen LogP contribution in [0.2, 0.25) is 0 Å². The van der Waals surface area contributed by atoms with Gasteiger partial charge in [0.05, 0.1) is 12.2 Å². The fraction of sp³-hybridized carbons (Fsp3) is 0.0952. The molecule has 0 aliphatic carbocycles. The molecule has 0 bridgehead atoms. The predicted molar refractivity (Wildman–Crippen MR) is 104 cm³/mol. The van der Waals surface area contributed by atoms with E-state index in [1.54, 1.807) is 6.20 Å². The number of aryl methyl sites for hydroxylation is 1. The zero-order valence-corrected chi connectivity index (χ0v) is 14.8. The number of guanidine groups is 1. The van der Waals surface area contributed by atoms with E-state index in [-0.39, 0.29) is 5.91 Å². The first-order valence-corrected chi connectivity index (χ1v) is 8.45. The smallest absolute Gasteiger partial charge is 0.257 e. The molecule has 1 heterocycles. The molecule has 2 N–H and O–H groups in total. The average Bonchev–Trinajstić information content (AvgIpc) is 2.69. The number of pyridine rings is 1. The molecule has 0 aliphatic heterocycles. The number of halogens is 1. The zero-order chi connectivity index (χ0) is 19.1. The number of carbonyl (C=O) groups is 1. The minimum Gasteiger partial charge on any atom is -0.326 e. The molecule has 136 valence electrons. The monoisotopic (exact) mass is 362 g/mol. The van der Waals surface area contributed by atoms with Crippen LogP contribution in [0.4, 0.5) is 10.1 Å². The molecule has 27 heavy (non-hydrogen) atoms. The third-order valence-corrected chi connectivity index (χ3v) is 3.78. The topological polar surface area (TPSA) is 66.4 Å². The van der Waals surface area contributed by atoms with E-state index in [0.717, 1.165) is 16.9 Å². The van der Waals surface area contributed by atoms with Gasteiger partial charge in [0.1, 0.15) is 5.82 Å². The normalized spacial score (nSPS) is 11.1. The fourth-order valence-electron chi connectivity index (χ4n) is 2.32. The molecule has 0 saturated carbocycles. The Labute approximate surface area is 157 Å². The maximum Gasteiger partial charge on any atom is 0.257 e. The average molecular weight is 362 g/mol. The molecule has 1 aromatic heterocycles. The van der Waals surface area contributed by atoms with Crippen LogP contribution in [0.1, 0.15) is 21.6 Å². The van der Waals surface area contributed by atoms with Crippen LogP contribution in [0, 0.1) is 12.7 Å². The Bertz CT molecular complexity index is 923. The van der Waals surface area contributed by atoms with Crippen LogP contribution < -0.4 is 10.6 Å². The molecule has 6 heteroatoms. The predicted octanol–water partition coefficient (Wildman–Crippen LogP) is 3.93. The highest BCUT2D eigenvalue weighted by Gasteiger charge is 2.10. The summed E-state index contributed by atoms with van der Waals surface area (Å²) in [5.74, 6) is -0.485. The van der Waals surface area contributed by atoms with Crippen molar-refractivity contribution in [2.75, 3.05) is 5.32 Å². The van der Waals surface area contributed by atoms with Gasteiger partial charge < -0.3 is 5.32 Å². The van der Waals surface area contributed by atoms with Gasteiger partial charge in [-0.2, -0.15) is 0 Å². The summed E-state index contributed by atoms with van der Waals surface area (Å²) >= 11 is 0. The number of anilines is 1. The number of benzene rings is 2. The molecule has 0 saturated heterocycles. The molecule has 0 fully saturated rings. The molecule has 0 radical (unpaired) electrons. The number of rotatable bonds is 4. The Hall–Kier alpha value is -3.54. The first-order chi connectivity index (χ1) is 13.1. The summed E-state index contributed by atoms with van der Waals surface area (Å²) in [6, 6.07) is 18.6. The minimum absolute atomic E-state index is 0.291. The van der Waals surface area contributed by atoms with Gasteiger partial charge in [0, 0.05) is 17.4 Å². The lowest BCUT2D eigenvalue weighted by molar-refractivity contribution is 0.0977. The van der Waals surface area contributed by atoms with Gasteiger partial charge in [-0.1, -0.05) is 23.8 Å². The van der Waals surface area contributed by atoms with Gasteiger partial charge in [-0.25, -0.2) is 9.38 Å². The second-order valence-electron chi connectivity index (χ2n) is 5.94. The molecule has 0 spiro atoms. The van der Waals surface area contributed by atoms with Crippen LogP contribution in [0.25, 0.3) is 0 Å². The van der Waals surface area contributed by atoms with Crippen molar-refractivity contribution in [3.63, 3.8) is 0 Å². The number of aliphatic imine (C=N–C) groups is 1. The van der Waals surface area contributed by atoms with Crippen LogP contribution in [0.5, 0.6) is 0 Å². The van der Waals surface area contributed by atoms with Crippen LogP contribution >= 0.6 is 0 Å². The van der Waals surface area contributed by atoms with Gasteiger partial charge in [0.25, 0.3) is 5.91 Å². The SMILES string of the molecule is Cc1ccc(NC(=NCc2ccccn2)NC(=O)c2ccc(F)cc2)cc1. The van der Waals surface area contributed by atoms with E-state index >= 15 is 0 Å². The number of nitrogens with zero attached hydrogens (tertiary/aromatic N) is 2. The molecule has 0 atom stereocenters. The molecular weight excluding hydrogens is 343 g/mol. The summed E-state index contributed by atoms with van der Waals surface area (Å²) in [6.07, 6.45) is 1.69. The highest BCUT2D eigenvalue weighted by molar-refractivity contribution is 6.09. The molecule has 5 nitrogen and oxygen atoms in total. The third-order valence-electron chi connectivity index (χ3n) is 3.78. The number of carbonyl (C=O) groups excluding carboxylic acids is 1. The van der Waals surface area contributed by atoms with E-state index < -0.39 is 5.82 Å². The molecular formula is C21H19FN4O. The van der Waals surface area contributed by atoms with E-state index in [1.165, 1.54) is 24.3 Å². The van der Waals surface area contributed by atoms with Crippen molar-refractivity contribution in [1.29, 1.82) is 0 Å². The quantitative estimate of drug-likeness (QED) is 0.546. The Morgan fingerprint density at radius 3 is 2.44 bits per heavy atom. The van der Waals surface area contributed by atoms with Crippen molar-refractivity contribution < 1.29 is 9.18 Å². The summed E-state index contributed by atoms with van der Waals surface area (Å²) in [4.78, 5) is 21.1. The van der Waals surface area contributed by atoms with Crippen molar-refractivity contribution >= 4 is 17.6 Å². The van der Waals surface area contributed by atoms with Crippen LogP contribution in [-0.2, 0) is 6.54 Å². The van der Waals surface area contributed by atoms with Gasteiger partial charge in [-0.05, 0) is 55.5 Å². The van der Waals surface area contributed by atoms with Gasteiger partial charge >= 0.3 is 0 Å². The summed E-state index contributed by atoms with van der Waals surface area (Å²) in [5.41, 5.74) is 3.03. The standard InChI is InChI=1S/C21H19FN4O/c1-15-5-11-18(12-6-15)25-21(24-14-19-4-2-3-13-23-19)26-20(27)16-7-9-17(22)10-8-16/h2-13H,14H2,1H3,(H2,24,25,26,27). The zero-order valence-electron chi connectivity index (χ0n) is 14.8. The second-order valence-corrected chi connectivity index (χ2v) is 5.94. The van der Waals surface area contributed by atoms with E-state index in [9.17, 15) is 9.18 Å². The summed E-state index contributed by atoms with van der Waals surface area (Å²) in [6.45, 7) is 2.30. The number of amides is 1. The highest BCUT2D eigenvalue weighted by Crippen LogP contribution is 2.09. The first kappa shape index (κ1) is 18.3. The second kappa shape index (κ2) is 8.71. The molecule has 3 aromatic rings. The van der Waals surface area contributed by atoms with E-state index in [2.05, 4.69) is 20.6 Å². The maximum absolute atomic E-state index is 13.1. The van der Waals surface area contributed by atoms with E-state index in [1.807, 2.05) is 49.4 Å². The molecule has 0 aliphatic rings. The largest absolute Gasteiger partial charge is 0.326 e. The van der Waals surface area contributed by atoms with Gasteiger partial charge in [0.15, 0.2) is 0 Å². The molecule has 2 aromatic carbocycles. The maximum atomic E-state index is 13.1. The lowest BCUT2D eigenvalue weighted by Gasteiger charge is -2.12. The Balaban J connectivity index is 1.78.